The number of ether oxygens (including phenoxy) is 1. The van der Waals surface area contributed by atoms with Crippen molar-refractivity contribution in [3.8, 4) is 11.5 Å². The van der Waals surface area contributed by atoms with E-state index in [1.165, 1.54) is 7.11 Å². The van der Waals surface area contributed by atoms with Crippen LogP contribution in [-0.2, 0) is 0 Å². The molecule has 0 amide bonds. The van der Waals surface area contributed by atoms with Crippen LogP contribution >= 0.6 is 11.6 Å². The fraction of sp³-hybridized carbons (Fsp3) is 0.333. The van der Waals surface area contributed by atoms with Crippen molar-refractivity contribution in [2.75, 3.05) is 7.11 Å². The number of hydrogen-bond donors (Lipinski definition) is 2. The molecule has 0 fully saturated rings. The normalized spacial score (nSPS) is 12.6. The first-order valence-corrected chi connectivity index (χ1v) is 4.26. The van der Waals surface area contributed by atoms with Crippen LogP contribution < -0.4 is 10.5 Å². The molecule has 1 aromatic carbocycles. The number of phenolic OH excluding ortho intramolecular Hbond substituents is 1. The van der Waals surface area contributed by atoms with Crippen molar-refractivity contribution < 1.29 is 9.84 Å². The molecular formula is C9H12ClNO2. The fourth-order valence-corrected chi connectivity index (χ4v) is 1.35. The van der Waals surface area contributed by atoms with Gasteiger partial charge in [-0.05, 0) is 19.1 Å². The minimum absolute atomic E-state index is 0.00369. The van der Waals surface area contributed by atoms with Gasteiger partial charge in [-0.3, -0.25) is 0 Å². The maximum Gasteiger partial charge on any atom is 0.142 e. The predicted octanol–water partition coefficient (Wildman–Crippen LogP) is 2.07. The third-order valence-electron chi connectivity index (χ3n) is 1.80. The maximum atomic E-state index is 9.59. The molecule has 0 radical (unpaired) electrons. The third-order valence-corrected chi connectivity index (χ3v) is 2.11. The number of rotatable bonds is 2. The first kappa shape index (κ1) is 10.2. The molecule has 3 N–H and O–H groups in total. The Morgan fingerprint density at radius 2 is 2.15 bits per heavy atom. The largest absolute Gasteiger partial charge is 0.506 e. The van der Waals surface area contributed by atoms with Crippen molar-refractivity contribution >= 4 is 11.6 Å². The van der Waals surface area contributed by atoms with Crippen LogP contribution in [0.2, 0.25) is 5.02 Å². The lowest BCUT2D eigenvalue weighted by atomic mass is 10.1. The number of halogens is 1. The topological polar surface area (TPSA) is 55.5 Å². The molecule has 1 aromatic rings. The molecule has 0 aliphatic rings. The number of methoxy groups -OCH3 is 1. The second-order valence-corrected chi connectivity index (χ2v) is 3.21. The number of phenols is 1. The second kappa shape index (κ2) is 3.85. The van der Waals surface area contributed by atoms with Gasteiger partial charge in [0.15, 0.2) is 0 Å². The molecule has 0 aromatic heterocycles. The summed E-state index contributed by atoms with van der Waals surface area (Å²) in [6.45, 7) is 1.76. The quantitative estimate of drug-likeness (QED) is 0.770. The smallest absolute Gasteiger partial charge is 0.142 e. The summed E-state index contributed by atoms with van der Waals surface area (Å²) in [7, 11) is 1.52. The van der Waals surface area contributed by atoms with Gasteiger partial charge in [-0.15, -0.1) is 0 Å². The Morgan fingerprint density at radius 3 is 2.62 bits per heavy atom. The maximum absolute atomic E-state index is 9.59. The van der Waals surface area contributed by atoms with Crippen LogP contribution in [0.1, 0.15) is 18.5 Å². The van der Waals surface area contributed by atoms with Gasteiger partial charge in [-0.25, -0.2) is 0 Å². The molecule has 1 rings (SSSR count). The summed E-state index contributed by atoms with van der Waals surface area (Å²) in [6.07, 6.45) is 0. The van der Waals surface area contributed by atoms with E-state index in [0.29, 0.717) is 11.3 Å². The summed E-state index contributed by atoms with van der Waals surface area (Å²) in [4.78, 5) is 0. The van der Waals surface area contributed by atoms with Crippen LogP contribution in [0.5, 0.6) is 11.5 Å². The lowest BCUT2D eigenvalue weighted by Gasteiger charge is -2.13. The van der Waals surface area contributed by atoms with Gasteiger partial charge < -0.3 is 15.6 Å². The molecule has 1 atom stereocenters. The fourth-order valence-electron chi connectivity index (χ4n) is 1.18. The minimum Gasteiger partial charge on any atom is -0.506 e. The molecule has 3 nitrogen and oxygen atoms in total. The average molecular weight is 202 g/mol. The molecule has 0 saturated heterocycles. The van der Waals surface area contributed by atoms with Gasteiger partial charge in [0.1, 0.15) is 11.5 Å². The summed E-state index contributed by atoms with van der Waals surface area (Å²) >= 11 is 5.73. The van der Waals surface area contributed by atoms with Gasteiger partial charge in [-0.2, -0.15) is 0 Å². The van der Waals surface area contributed by atoms with E-state index in [0.717, 1.165) is 0 Å². The molecule has 4 heteroatoms. The van der Waals surface area contributed by atoms with Crippen LogP contribution in [0.25, 0.3) is 0 Å². The Morgan fingerprint density at radius 1 is 1.54 bits per heavy atom. The van der Waals surface area contributed by atoms with E-state index in [2.05, 4.69) is 0 Å². The number of hydrogen-bond acceptors (Lipinski definition) is 3. The Hall–Kier alpha value is -0.930. The Labute approximate surface area is 82.1 Å². The Bertz CT molecular complexity index is 313. The van der Waals surface area contributed by atoms with E-state index >= 15 is 0 Å². The summed E-state index contributed by atoms with van der Waals surface area (Å²) in [5.74, 6) is 0.549. The summed E-state index contributed by atoms with van der Waals surface area (Å²) in [5, 5.41) is 9.87. The number of nitrogens with two attached hydrogens (primary N) is 1. The zero-order valence-electron chi connectivity index (χ0n) is 7.54. The van der Waals surface area contributed by atoms with Crippen LogP contribution in [0.15, 0.2) is 12.1 Å². The van der Waals surface area contributed by atoms with Crippen LogP contribution in [0, 0.1) is 0 Å². The summed E-state index contributed by atoms with van der Waals surface area (Å²) in [6, 6.07) is 2.94. The van der Waals surface area contributed by atoms with Gasteiger partial charge in [0.2, 0.25) is 0 Å². The first-order valence-electron chi connectivity index (χ1n) is 3.89. The van der Waals surface area contributed by atoms with E-state index in [9.17, 15) is 5.11 Å². The molecular weight excluding hydrogens is 190 g/mol. The second-order valence-electron chi connectivity index (χ2n) is 2.80. The standard InChI is InChI=1S/C9H12ClNO2/c1-5(11)8-7(13-2)4-3-6(10)9(8)12/h3-5,12H,11H2,1-2H3. The molecule has 1 unspecified atom stereocenters. The highest BCUT2D eigenvalue weighted by Gasteiger charge is 2.15. The predicted molar refractivity (Wildman–Crippen MR) is 52.3 cm³/mol. The highest BCUT2D eigenvalue weighted by atomic mass is 35.5. The van der Waals surface area contributed by atoms with Gasteiger partial charge >= 0.3 is 0 Å². The van der Waals surface area contributed by atoms with E-state index in [4.69, 9.17) is 22.1 Å². The van der Waals surface area contributed by atoms with Gasteiger partial charge in [0.05, 0.1) is 17.7 Å². The van der Waals surface area contributed by atoms with Crippen molar-refractivity contribution in [2.45, 2.75) is 13.0 Å². The van der Waals surface area contributed by atoms with E-state index in [-0.39, 0.29) is 16.8 Å². The molecule has 0 aliphatic heterocycles. The third kappa shape index (κ3) is 1.87. The van der Waals surface area contributed by atoms with Gasteiger partial charge in [0.25, 0.3) is 0 Å². The summed E-state index contributed by atoms with van der Waals surface area (Å²) < 4.78 is 5.04. The van der Waals surface area contributed by atoms with Gasteiger partial charge in [-0.1, -0.05) is 11.6 Å². The van der Waals surface area contributed by atoms with Gasteiger partial charge in [0, 0.05) is 6.04 Å². The summed E-state index contributed by atoms with van der Waals surface area (Å²) in [5.41, 5.74) is 6.20. The van der Waals surface area contributed by atoms with Crippen LogP contribution in [-0.4, -0.2) is 12.2 Å². The monoisotopic (exact) mass is 201 g/mol. The molecule has 0 bridgehead atoms. The van der Waals surface area contributed by atoms with E-state index < -0.39 is 0 Å². The highest BCUT2D eigenvalue weighted by molar-refractivity contribution is 6.32. The van der Waals surface area contributed by atoms with Crippen molar-refractivity contribution in [3.63, 3.8) is 0 Å². The Kier molecular flexibility index (Phi) is 3.01. The van der Waals surface area contributed by atoms with Crippen molar-refractivity contribution in [1.29, 1.82) is 0 Å². The van der Waals surface area contributed by atoms with Crippen molar-refractivity contribution in [2.24, 2.45) is 5.73 Å². The van der Waals surface area contributed by atoms with Crippen LogP contribution in [0.4, 0.5) is 0 Å². The highest BCUT2D eigenvalue weighted by Crippen LogP contribution is 2.37. The molecule has 0 heterocycles. The SMILES string of the molecule is COc1ccc(Cl)c(O)c1C(C)N. The molecule has 0 spiro atoms. The Balaban J connectivity index is 3.32. The van der Waals surface area contributed by atoms with E-state index in [1.54, 1.807) is 19.1 Å². The molecule has 0 aliphatic carbocycles. The number of aromatic hydroxyl groups is 1. The molecule has 72 valence electrons. The zero-order chi connectivity index (χ0) is 10.0. The van der Waals surface area contributed by atoms with E-state index in [1.807, 2.05) is 0 Å². The molecule has 13 heavy (non-hydrogen) atoms. The van der Waals surface area contributed by atoms with Crippen LogP contribution in [0.3, 0.4) is 0 Å². The molecule has 0 saturated carbocycles. The lowest BCUT2D eigenvalue weighted by molar-refractivity contribution is 0.395. The number of benzene rings is 1. The first-order chi connectivity index (χ1) is 6.07. The van der Waals surface area contributed by atoms with Crippen molar-refractivity contribution in [3.05, 3.63) is 22.7 Å². The average Bonchev–Trinajstić information content (AvgIpc) is 2.08. The zero-order valence-corrected chi connectivity index (χ0v) is 8.30. The minimum atomic E-state index is -0.311. The van der Waals surface area contributed by atoms with Crippen molar-refractivity contribution in [1.82, 2.24) is 0 Å². The lowest BCUT2D eigenvalue weighted by Crippen LogP contribution is -2.07.